The molecule has 3 N–H and O–H groups in total. The molecular formula is C18H24N6O2. The summed E-state index contributed by atoms with van der Waals surface area (Å²) < 4.78 is 1.89. The van der Waals surface area contributed by atoms with Gasteiger partial charge in [-0.25, -0.2) is 9.97 Å². The number of carbonyl (C=O) groups excluding carboxylic acids is 1. The third-order valence-corrected chi connectivity index (χ3v) is 5.15. The second-order valence-corrected chi connectivity index (χ2v) is 7.10. The van der Waals surface area contributed by atoms with Gasteiger partial charge in [-0.2, -0.15) is 5.10 Å². The number of aromatic nitrogens is 4. The van der Waals surface area contributed by atoms with Crippen LogP contribution in [0, 0.1) is 0 Å². The van der Waals surface area contributed by atoms with Gasteiger partial charge in [-0.05, 0) is 45.1 Å². The Hall–Kier alpha value is -2.48. The van der Waals surface area contributed by atoms with Crippen molar-refractivity contribution in [1.29, 1.82) is 0 Å². The van der Waals surface area contributed by atoms with Gasteiger partial charge in [0.05, 0.1) is 24.0 Å². The number of amides is 1. The number of nitrogen functional groups attached to an aromatic ring is 1. The number of nitrogens with two attached hydrogens (primary N) is 1. The van der Waals surface area contributed by atoms with Gasteiger partial charge in [-0.3, -0.25) is 9.48 Å². The lowest BCUT2D eigenvalue weighted by Gasteiger charge is -2.23. The highest BCUT2D eigenvalue weighted by molar-refractivity contribution is 5.94. The van der Waals surface area contributed by atoms with Crippen LogP contribution >= 0.6 is 0 Å². The second kappa shape index (κ2) is 6.68. The molecule has 0 spiro atoms. The van der Waals surface area contributed by atoms with Crippen LogP contribution in [-0.4, -0.2) is 42.2 Å². The smallest absolute Gasteiger partial charge is 0.273 e. The Bertz CT molecular complexity index is 844. The number of carbonyl (C=O) groups is 1. The highest BCUT2D eigenvalue weighted by Crippen LogP contribution is 2.25. The SMILES string of the molecule is C[C@@H](O)c1cc2n(n1)CCCN(C(=O)c1nc(N)nc3c1CCCC3)C2. The van der Waals surface area contributed by atoms with Crippen LogP contribution in [0.3, 0.4) is 0 Å². The van der Waals surface area contributed by atoms with E-state index >= 15 is 0 Å². The first-order chi connectivity index (χ1) is 12.5. The van der Waals surface area contributed by atoms with Crippen molar-refractivity contribution in [2.24, 2.45) is 0 Å². The van der Waals surface area contributed by atoms with Gasteiger partial charge in [0.25, 0.3) is 5.91 Å². The summed E-state index contributed by atoms with van der Waals surface area (Å²) in [4.78, 5) is 23.7. The molecule has 138 valence electrons. The van der Waals surface area contributed by atoms with Gasteiger partial charge in [0.15, 0.2) is 0 Å². The third-order valence-electron chi connectivity index (χ3n) is 5.15. The third kappa shape index (κ3) is 3.05. The summed E-state index contributed by atoms with van der Waals surface area (Å²) in [6.45, 7) is 3.53. The largest absolute Gasteiger partial charge is 0.387 e. The molecule has 0 aromatic carbocycles. The molecule has 8 nitrogen and oxygen atoms in total. The van der Waals surface area contributed by atoms with Crippen molar-refractivity contribution in [2.75, 3.05) is 12.3 Å². The van der Waals surface area contributed by atoms with Crippen molar-refractivity contribution in [3.63, 3.8) is 0 Å². The summed E-state index contributed by atoms with van der Waals surface area (Å²) in [5.74, 6) is 0.0794. The van der Waals surface area contributed by atoms with E-state index in [-0.39, 0.29) is 11.9 Å². The fourth-order valence-electron chi connectivity index (χ4n) is 3.80. The summed E-state index contributed by atoms with van der Waals surface area (Å²) >= 11 is 0. The molecule has 8 heteroatoms. The van der Waals surface area contributed by atoms with E-state index in [0.29, 0.717) is 24.5 Å². The van der Waals surface area contributed by atoms with E-state index in [1.54, 1.807) is 6.92 Å². The van der Waals surface area contributed by atoms with Crippen LogP contribution in [0.4, 0.5) is 5.95 Å². The van der Waals surface area contributed by atoms with Crippen LogP contribution in [0.5, 0.6) is 0 Å². The maximum absolute atomic E-state index is 13.2. The maximum Gasteiger partial charge on any atom is 0.273 e. The van der Waals surface area contributed by atoms with Crippen LogP contribution in [0.15, 0.2) is 6.07 Å². The molecule has 4 rings (SSSR count). The van der Waals surface area contributed by atoms with E-state index in [1.807, 2.05) is 15.6 Å². The lowest BCUT2D eigenvalue weighted by molar-refractivity contribution is 0.0738. The first-order valence-corrected chi connectivity index (χ1v) is 9.22. The number of aryl methyl sites for hydroxylation is 2. The maximum atomic E-state index is 13.2. The van der Waals surface area contributed by atoms with Gasteiger partial charge >= 0.3 is 0 Å². The van der Waals surface area contributed by atoms with Crippen molar-refractivity contribution >= 4 is 11.9 Å². The van der Waals surface area contributed by atoms with E-state index in [0.717, 1.165) is 55.6 Å². The molecule has 2 aromatic heterocycles. The van der Waals surface area contributed by atoms with Crippen LogP contribution in [0.2, 0.25) is 0 Å². The Morgan fingerprint density at radius 2 is 2.04 bits per heavy atom. The first kappa shape index (κ1) is 17.0. The van der Waals surface area contributed by atoms with Crippen LogP contribution < -0.4 is 5.73 Å². The topological polar surface area (TPSA) is 110 Å². The summed E-state index contributed by atoms with van der Waals surface area (Å²) in [6.07, 6.45) is 3.99. The standard InChI is InChI=1S/C18H24N6O2/c1-11(25)15-9-12-10-23(7-4-8-24(12)22-15)17(26)16-13-5-2-3-6-14(13)20-18(19)21-16/h9,11,25H,2-8,10H2,1H3,(H2,19,20,21)/t11-/m1/s1. The number of aliphatic hydroxyl groups is 1. The van der Waals surface area contributed by atoms with Crippen molar-refractivity contribution in [1.82, 2.24) is 24.6 Å². The molecule has 2 aromatic rings. The van der Waals surface area contributed by atoms with Gasteiger partial charge < -0.3 is 15.7 Å². The van der Waals surface area contributed by atoms with Crippen molar-refractivity contribution in [3.05, 3.63) is 34.4 Å². The molecule has 3 heterocycles. The monoisotopic (exact) mass is 356 g/mol. The minimum absolute atomic E-state index is 0.0921. The highest BCUT2D eigenvalue weighted by Gasteiger charge is 2.27. The fourth-order valence-corrected chi connectivity index (χ4v) is 3.80. The molecule has 1 aliphatic heterocycles. The number of fused-ring (bicyclic) bond motifs is 2. The predicted molar refractivity (Wildman–Crippen MR) is 95.3 cm³/mol. The summed E-state index contributed by atoms with van der Waals surface area (Å²) in [5, 5.41) is 14.2. The van der Waals surface area contributed by atoms with E-state index in [2.05, 4.69) is 15.1 Å². The average molecular weight is 356 g/mol. The molecule has 0 radical (unpaired) electrons. The van der Waals surface area contributed by atoms with Crippen molar-refractivity contribution < 1.29 is 9.90 Å². The number of aliphatic hydroxyl groups excluding tert-OH is 1. The van der Waals surface area contributed by atoms with Gasteiger partial charge in [0, 0.05) is 24.3 Å². The number of rotatable bonds is 2. The van der Waals surface area contributed by atoms with Gasteiger partial charge in [0.1, 0.15) is 5.69 Å². The normalized spacial score (nSPS) is 18.0. The van der Waals surface area contributed by atoms with E-state index in [1.165, 1.54) is 0 Å². The highest BCUT2D eigenvalue weighted by atomic mass is 16.3. The molecule has 26 heavy (non-hydrogen) atoms. The Kier molecular flexibility index (Phi) is 4.36. The van der Waals surface area contributed by atoms with Crippen LogP contribution in [0.1, 0.15) is 65.4 Å². The number of anilines is 1. The molecule has 1 aliphatic carbocycles. The Labute approximate surface area is 152 Å². The Morgan fingerprint density at radius 3 is 2.85 bits per heavy atom. The quantitative estimate of drug-likeness (QED) is 0.837. The second-order valence-electron chi connectivity index (χ2n) is 7.10. The summed E-state index contributed by atoms with van der Waals surface area (Å²) in [5.41, 5.74) is 9.76. The van der Waals surface area contributed by atoms with Gasteiger partial charge in [-0.15, -0.1) is 0 Å². The van der Waals surface area contributed by atoms with E-state index in [4.69, 9.17) is 5.73 Å². The van der Waals surface area contributed by atoms with Crippen molar-refractivity contribution in [3.8, 4) is 0 Å². The molecule has 1 amide bonds. The molecule has 0 saturated carbocycles. The summed E-state index contributed by atoms with van der Waals surface area (Å²) in [6, 6.07) is 1.88. The molecule has 1 atom stereocenters. The predicted octanol–water partition coefficient (Wildman–Crippen LogP) is 1.23. The van der Waals surface area contributed by atoms with Crippen LogP contribution in [-0.2, 0) is 25.9 Å². The molecule has 0 fully saturated rings. The van der Waals surface area contributed by atoms with Crippen molar-refractivity contribution in [2.45, 2.75) is 58.2 Å². The number of hydrogen-bond acceptors (Lipinski definition) is 6. The average Bonchev–Trinajstić information content (AvgIpc) is 2.92. The first-order valence-electron chi connectivity index (χ1n) is 9.22. The lowest BCUT2D eigenvalue weighted by atomic mass is 9.94. The fraction of sp³-hybridized carbons (Fsp3) is 0.556. The Morgan fingerprint density at radius 1 is 1.23 bits per heavy atom. The minimum Gasteiger partial charge on any atom is -0.387 e. The molecule has 0 bridgehead atoms. The van der Waals surface area contributed by atoms with E-state index in [9.17, 15) is 9.90 Å². The molecule has 2 aliphatic rings. The van der Waals surface area contributed by atoms with Gasteiger partial charge in [-0.1, -0.05) is 0 Å². The van der Waals surface area contributed by atoms with Crippen LogP contribution in [0.25, 0.3) is 0 Å². The van der Waals surface area contributed by atoms with E-state index < -0.39 is 6.10 Å². The molecule has 0 saturated heterocycles. The lowest BCUT2D eigenvalue weighted by Crippen LogP contribution is -2.33. The van der Waals surface area contributed by atoms with Gasteiger partial charge in [0.2, 0.25) is 5.95 Å². The Balaban J connectivity index is 1.65. The minimum atomic E-state index is -0.618. The zero-order valence-corrected chi connectivity index (χ0v) is 15.0. The zero-order chi connectivity index (χ0) is 18.3. The number of nitrogens with zero attached hydrogens (tertiary/aromatic N) is 5. The molecular weight excluding hydrogens is 332 g/mol. The zero-order valence-electron chi connectivity index (χ0n) is 15.0. The number of hydrogen-bond donors (Lipinski definition) is 2. The molecule has 0 unspecified atom stereocenters. The summed E-state index contributed by atoms with van der Waals surface area (Å²) in [7, 11) is 0.